The summed E-state index contributed by atoms with van der Waals surface area (Å²) in [5, 5.41) is 0.214. The number of benzene rings is 1. The normalized spacial score (nSPS) is 16.6. The van der Waals surface area contributed by atoms with Crippen molar-refractivity contribution >= 4 is 28.2 Å². The van der Waals surface area contributed by atoms with Crippen molar-refractivity contribution in [1.29, 1.82) is 0 Å². The monoisotopic (exact) mass is 385 g/mol. The van der Waals surface area contributed by atoms with Crippen LogP contribution in [0.25, 0.3) is 11.2 Å². The van der Waals surface area contributed by atoms with Crippen molar-refractivity contribution in [3.8, 4) is 0 Å². The second-order valence-corrected chi connectivity index (χ2v) is 8.50. The second kappa shape index (κ2) is 7.74. The van der Waals surface area contributed by atoms with Crippen molar-refractivity contribution < 1.29 is 4.55 Å². The fraction of sp³-hybridized carbons (Fsp3) is 0.421. The lowest BCUT2D eigenvalue weighted by atomic mass is 9.91. The molecule has 0 radical (unpaired) electrons. The number of nitrogen functional groups attached to an aromatic ring is 1. The fourth-order valence-corrected chi connectivity index (χ4v) is 4.99. The van der Waals surface area contributed by atoms with E-state index in [4.69, 9.17) is 5.73 Å². The minimum absolute atomic E-state index is 0.163. The van der Waals surface area contributed by atoms with Gasteiger partial charge in [-0.3, -0.25) is 4.57 Å². The first-order valence-electron chi connectivity index (χ1n) is 9.30. The molecule has 0 bridgehead atoms. The number of imidazole rings is 1. The van der Waals surface area contributed by atoms with Crippen LogP contribution in [-0.2, 0) is 17.7 Å². The summed E-state index contributed by atoms with van der Waals surface area (Å²) in [6, 6.07) is 9.65. The van der Waals surface area contributed by atoms with Crippen LogP contribution in [0.2, 0.25) is 0 Å². The number of nitrogens with one attached hydrogen (secondary N) is 1. The summed E-state index contributed by atoms with van der Waals surface area (Å²) in [4.78, 5) is 23.8. The number of aromatic amines is 1. The Labute approximate surface area is 160 Å². The largest absolute Gasteiger partial charge is 0.609 e. The summed E-state index contributed by atoms with van der Waals surface area (Å²) in [6.45, 7) is 0.366. The Hall–Kier alpha value is -2.32. The predicted octanol–water partition coefficient (Wildman–Crippen LogP) is 2.44. The van der Waals surface area contributed by atoms with Crippen molar-refractivity contribution in [1.82, 2.24) is 19.5 Å². The molecule has 1 unspecified atom stereocenters. The molecule has 142 valence electrons. The number of H-pyrrole nitrogens is 1. The first-order chi connectivity index (χ1) is 13.1. The first-order valence-corrected chi connectivity index (χ1v) is 10.6. The average molecular weight is 385 g/mol. The number of anilines is 1. The Morgan fingerprint density at radius 1 is 1.19 bits per heavy atom. The lowest BCUT2D eigenvalue weighted by Gasteiger charge is -2.21. The van der Waals surface area contributed by atoms with E-state index in [9.17, 15) is 9.35 Å². The molecule has 3 aromatic rings. The second-order valence-electron chi connectivity index (χ2n) is 7.11. The van der Waals surface area contributed by atoms with Crippen LogP contribution in [0.15, 0.2) is 40.3 Å². The van der Waals surface area contributed by atoms with Crippen LogP contribution in [0.4, 0.5) is 5.82 Å². The molecule has 1 saturated carbocycles. The van der Waals surface area contributed by atoms with E-state index in [1.54, 1.807) is 0 Å². The van der Waals surface area contributed by atoms with Crippen LogP contribution in [-0.4, -0.2) is 29.8 Å². The summed E-state index contributed by atoms with van der Waals surface area (Å²) in [6.07, 6.45) is 5.85. The Kier molecular flexibility index (Phi) is 5.18. The van der Waals surface area contributed by atoms with Gasteiger partial charge < -0.3 is 15.3 Å². The lowest BCUT2D eigenvalue weighted by Crippen LogP contribution is -2.21. The molecule has 27 heavy (non-hydrogen) atoms. The highest BCUT2D eigenvalue weighted by atomic mass is 32.2. The lowest BCUT2D eigenvalue weighted by molar-refractivity contribution is 0.384. The van der Waals surface area contributed by atoms with E-state index in [1.807, 2.05) is 30.3 Å². The van der Waals surface area contributed by atoms with Crippen LogP contribution < -0.4 is 11.4 Å². The zero-order valence-corrected chi connectivity index (χ0v) is 15.9. The van der Waals surface area contributed by atoms with Crippen molar-refractivity contribution in [2.75, 3.05) is 11.5 Å². The zero-order valence-electron chi connectivity index (χ0n) is 15.1. The molecule has 1 aromatic carbocycles. The first kappa shape index (κ1) is 18.1. The van der Waals surface area contributed by atoms with E-state index < -0.39 is 11.2 Å². The molecule has 4 rings (SSSR count). The minimum atomic E-state index is -1.32. The average Bonchev–Trinajstić information content (AvgIpc) is 3.00. The van der Waals surface area contributed by atoms with Gasteiger partial charge in [0.2, 0.25) is 0 Å². The van der Waals surface area contributed by atoms with Gasteiger partial charge in [0.1, 0.15) is 11.3 Å². The van der Waals surface area contributed by atoms with E-state index in [1.165, 1.54) is 23.8 Å². The number of fused-ring (bicyclic) bond motifs is 1. The predicted molar refractivity (Wildman–Crippen MR) is 106 cm³/mol. The summed E-state index contributed by atoms with van der Waals surface area (Å²) in [5.74, 6) is 1.16. The quantitative estimate of drug-likeness (QED) is 0.517. The van der Waals surface area contributed by atoms with Crippen LogP contribution in [0, 0.1) is 5.92 Å². The number of aromatic nitrogens is 4. The summed E-state index contributed by atoms with van der Waals surface area (Å²) >= 11 is -1.32. The Bertz CT molecular complexity index is 979. The fourth-order valence-electron chi connectivity index (χ4n) is 3.69. The van der Waals surface area contributed by atoms with E-state index >= 15 is 0 Å². The molecule has 1 fully saturated rings. The molecular weight excluding hydrogens is 362 g/mol. The van der Waals surface area contributed by atoms with Crippen molar-refractivity contribution in [3.05, 3.63) is 46.4 Å². The van der Waals surface area contributed by atoms with E-state index in [2.05, 4.69) is 15.0 Å². The maximum atomic E-state index is 12.8. The molecule has 1 aliphatic rings. The zero-order chi connectivity index (χ0) is 18.8. The van der Waals surface area contributed by atoms with Gasteiger partial charge in [0.05, 0.1) is 6.54 Å². The standard InChI is InChI=1S/C19H23N5O2S/c20-16-15-17(24(19(25)21-15)11-13-7-3-1-4-8-13)23-18(22-16)27(26)12-14-9-5-2-6-10-14/h1,3-4,7-8,14H,2,5-6,9-12H2,(H,21,25)(H2,20,22,23). The smallest absolute Gasteiger partial charge is 0.346 e. The van der Waals surface area contributed by atoms with E-state index in [-0.39, 0.29) is 16.7 Å². The van der Waals surface area contributed by atoms with Gasteiger partial charge in [-0.2, -0.15) is 9.97 Å². The Morgan fingerprint density at radius 3 is 2.67 bits per heavy atom. The number of hydrogen-bond donors (Lipinski definition) is 2. The third-order valence-electron chi connectivity index (χ3n) is 5.13. The molecule has 2 aromatic heterocycles. The van der Waals surface area contributed by atoms with Gasteiger partial charge in [-0.1, -0.05) is 49.6 Å². The minimum Gasteiger partial charge on any atom is -0.609 e. The number of hydrogen-bond acceptors (Lipinski definition) is 5. The molecule has 0 saturated heterocycles. The molecule has 7 nitrogen and oxygen atoms in total. The van der Waals surface area contributed by atoms with Crippen molar-refractivity contribution in [2.45, 2.75) is 43.8 Å². The molecule has 0 aliphatic heterocycles. The molecule has 0 spiro atoms. The van der Waals surface area contributed by atoms with E-state index in [0.717, 1.165) is 18.4 Å². The number of rotatable bonds is 5. The molecule has 1 atom stereocenters. The summed E-state index contributed by atoms with van der Waals surface area (Å²) < 4.78 is 14.3. The molecule has 2 heterocycles. The summed E-state index contributed by atoms with van der Waals surface area (Å²) in [5.41, 5.74) is 7.51. The summed E-state index contributed by atoms with van der Waals surface area (Å²) in [7, 11) is 0. The maximum Gasteiger partial charge on any atom is 0.346 e. The Morgan fingerprint density at radius 2 is 1.93 bits per heavy atom. The van der Waals surface area contributed by atoms with Gasteiger partial charge >= 0.3 is 10.8 Å². The van der Waals surface area contributed by atoms with Crippen molar-refractivity contribution in [3.63, 3.8) is 0 Å². The highest BCUT2D eigenvalue weighted by Crippen LogP contribution is 2.27. The Balaban J connectivity index is 1.66. The molecule has 1 aliphatic carbocycles. The molecule has 3 N–H and O–H groups in total. The van der Waals surface area contributed by atoms with Gasteiger partial charge in [-0.25, -0.2) is 4.79 Å². The van der Waals surface area contributed by atoms with Crippen molar-refractivity contribution in [2.24, 2.45) is 5.92 Å². The highest BCUT2D eigenvalue weighted by Gasteiger charge is 2.25. The molecular formula is C19H23N5O2S. The van der Waals surface area contributed by atoms with Gasteiger partial charge in [0.15, 0.2) is 11.5 Å². The SMILES string of the molecule is Nc1nc([S+]([O-])CC2CCCCC2)nc2c1[nH]c(=O)n2Cc1ccccc1. The van der Waals surface area contributed by atoms with Gasteiger partial charge in [0.25, 0.3) is 0 Å². The van der Waals surface area contributed by atoms with Crippen LogP contribution >= 0.6 is 0 Å². The van der Waals surface area contributed by atoms with E-state index in [0.29, 0.717) is 29.4 Å². The molecule has 0 amide bonds. The van der Waals surface area contributed by atoms with Crippen LogP contribution in [0.5, 0.6) is 0 Å². The maximum absolute atomic E-state index is 12.8. The third kappa shape index (κ3) is 3.86. The van der Waals surface area contributed by atoms with Crippen LogP contribution in [0.1, 0.15) is 37.7 Å². The molecule has 8 heteroatoms. The van der Waals surface area contributed by atoms with Gasteiger partial charge in [-0.05, 0) is 18.4 Å². The number of nitrogens with zero attached hydrogens (tertiary/aromatic N) is 3. The van der Waals surface area contributed by atoms with Gasteiger partial charge in [-0.15, -0.1) is 0 Å². The number of nitrogens with two attached hydrogens (primary N) is 1. The topological polar surface area (TPSA) is 113 Å². The third-order valence-corrected chi connectivity index (χ3v) is 6.49. The van der Waals surface area contributed by atoms with Gasteiger partial charge in [0, 0.05) is 17.1 Å². The van der Waals surface area contributed by atoms with Crippen LogP contribution in [0.3, 0.4) is 0 Å². The highest BCUT2D eigenvalue weighted by molar-refractivity contribution is 7.91.